The number of methoxy groups -OCH3 is 1. The maximum atomic E-state index is 13.7. The highest BCUT2D eigenvalue weighted by Crippen LogP contribution is 2.36. The zero-order valence-corrected chi connectivity index (χ0v) is 25.5. The Balaban J connectivity index is 1.38. The van der Waals surface area contributed by atoms with Gasteiger partial charge in [0.1, 0.15) is 11.9 Å². The van der Waals surface area contributed by atoms with Gasteiger partial charge in [0, 0.05) is 37.0 Å². The average molecular weight is 620 g/mol. The topological polar surface area (TPSA) is 151 Å². The second-order valence-electron chi connectivity index (χ2n) is 11.0. The Kier molecular flexibility index (Phi) is 9.48. The molecule has 5 amide bonds. The predicted octanol–water partition coefficient (Wildman–Crippen LogP) is 4.45. The number of aliphatic hydroxyl groups is 1. The van der Waals surface area contributed by atoms with E-state index in [0.717, 1.165) is 0 Å². The van der Waals surface area contributed by atoms with E-state index in [9.17, 15) is 19.5 Å². The van der Waals surface area contributed by atoms with Crippen molar-refractivity contribution < 1.29 is 38.4 Å². The van der Waals surface area contributed by atoms with E-state index < -0.39 is 18.2 Å². The Morgan fingerprint density at radius 2 is 1.78 bits per heavy atom. The number of fused-ring (bicyclic) bond motifs is 2. The largest absolute Gasteiger partial charge is 0.497 e. The minimum absolute atomic E-state index is 0.124. The molecule has 0 fully saturated rings. The molecule has 5 rings (SSSR count). The second-order valence-corrected chi connectivity index (χ2v) is 11.0. The predicted molar refractivity (Wildman–Crippen MR) is 167 cm³/mol. The molecule has 0 saturated carbocycles. The number of nitrogens with zero attached hydrogens (tertiary/aromatic N) is 2. The van der Waals surface area contributed by atoms with Gasteiger partial charge in [-0.3, -0.25) is 4.79 Å². The summed E-state index contributed by atoms with van der Waals surface area (Å²) in [6, 6.07) is 15.5. The van der Waals surface area contributed by atoms with Gasteiger partial charge in [0.05, 0.1) is 37.6 Å². The third-order valence-corrected chi connectivity index (χ3v) is 7.71. The number of aliphatic hydroxyl groups excluding tert-OH is 1. The summed E-state index contributed by atoms with van der Waals surface area (Å²) in [5, 5.41) is 18.4. The summed E-state index contributed by atoms with van der Waals surface area (Å²) < 4.78 is 22.4. The van der Waals surface area contributed by atoms with Gasteiger partial charge < -0.3 is 49.8 Å². The van der Waals surface area contributed by atoms with Gasteiger partial charge in [-0.05, 0) is 55.5 Å². The van der Waals surface area contributed by atoms with E-state index in [1.165, 1.54) is 4.90 Å². The van der Waals surface area contributed by atoms with E-state index in [2.05, 4.69) is 16.0 Å². The lowest BCUT2D eigenvalue weighted by Crippen LogP contribution is -2.50. The number of hydrogen-bond acceptors (Lipinski definition) is 8. The SMILES string of the molecule is COc1ccc(NC(=O)Nc2cccc3c2O[C@@H](CN(C)C(=O)Nc2ccc4c(c2)OCO4)[C@@H](C)CN([C@H](C)CO)C3=O)cc1. The number of carbonyl (C=O) groups is 3. The number of benzene rings is 3. The van der Waals surface area contributed by atoms with E-state index in [0.29, 0.717) is 28.6 Å². The number of nitrogens with one attached hydrogen (secondary N) is 3. The summed E-state index contributed by atoms with van der Waals surface area (Å²) >= 11 is 0. The molecule has 3 aromatic rings. The average Bonchev–Trinajstić information content (AvgIpc) is 3.51. The van der Waals surface area contributed by atoms with Gasteiger partial charge in [-0.1, -0.05) is 13.0 Å². The minimum Gasteiger partial charge on any atom is -0.497 e. The molecule has 3 aromatic carbocycles. The molecule has 3 atom stereocenters. The fourth-order valence-electron chi connectivity index (χ4n) is 5.06. The van der Waals surface area contributed by atoms with Crippen LogP contribution < -0.4 is 34.9 Å². The van der Waals surface area contributed by atoms with Crippen LogP contribution in [0.3, 0.4) is 0 Å². The quantitative estimate of drug-likeness (QED) is 0.289. The molecular formula is C32H37N5O8. The molecule has 0 aliphatic carbocycles. The Morgan fingerprint density at radius 3 is 2.51 bits per heavy atom. The third-order valence-electron chi connectivity index (χ3n) is 7.71. The Hall–Kier alpha value is -5.17. The molecule has 0 aromatic heterocycles. The first-order chi connectivity index (χ1) is 21.7. The van der Waals surface area contributed by atoms with Gasteiger partial charge in [0.2, 0.25) is 6.79 Å². The van der Waals surface area contributed by atoms with Crippen LogP contribution in [-0.4, -0.2) is 85.7 Å². The van der Waals surface area contributed by atoms with E-state index in [1.54, 1.807) is 86.6 Å². The van der Waals surface area contributed by atoms with Crippen LogP contribution >= 0.6 is 0 Å². The fraction of sp³-hybridized carbons (Fsp3) is 0.344. The Labute approximate surface area is 261 Å². The van der Waals surface area contributed by atoms with Gasteiger partial charge >= 0.3 is 12.1 Å². The van der Waals surface area contributed by atoms with Crippen molar-refractivity contribution in [1.82, 2.24) is 9.80 Å². The zero-order valence-electron chi connectivity index (χ0n) is 25.5. The van der Waals surface area contributed by atoms with Gasteiger partial charge in [0.15, 0.2) is 17.2 Å². The monoisotopic (exact) mass is 619 g/mol. The van der Waals surface area contributed by atoms with E-state index in [4.69, 9.17) is 18.9 Å². The number of anilines is 3. The summed E-state index contributed by atoms with van der Waals surface area (Å²) in [5.41, 5.74) is 1.57. The Morgan fingerprint density at radius 1 is 1.04 bits per heavy atom. The standard InChI is InChI=1S/C32H37N5O8/c1-19-15-37(20(2)17-38)30(39)24-6-5-7-25(35-31(40)33-21-8-11-23(42-4)12-9-21)29(24)45-28(19)16-36(3)32(41)34-22-10-13-26-27(14-22)44-18-43-26/h5-14,19-20,28,38H,15-18H2,1-4H3,(H,34,41)(H2,33,35,40)/t19-,20+,28-/m0/s1. The third kappa shape index (κ3) is 7.15. The lowest BCUT2D eigenvalue weighted by atomic mass is 9.99. The molecule has 238 valence electrons. The molecule has 0 unspecified atom stereocenters. The van der Waals surface area contributed by atoms with Crippen molar-refractivity contribution in [1.29, 1.82) is 0 Å². The number of ether oxygens (including phenoxy) is 4. The lowest BCUT2D eigenvalue weighted by Gasteiger charge is -2.38. The molecule has 0 radical (unpaired) electrons. The molecular weight excluding hydrogens is 582 g/mol. The van der Waals surface area contributed by atoms with E-state index in [-0.39, 0.29) is 61.3 Å². The highest BCUT2D eigenvalue weighted by atomic mass is 16.7. The molecule has 2 heterocycles. The van der Waals surface area contributed by atoms with Crippen LogP contribution in [0.1, 0.15) is 24.2 Å². The minimum atomic E-state index is -0.592. The van der Waals surface area contributed by atoms with Gasteiger partial charge in [-0.25, -0.2) is 9.59 Å². The smallest absolute Gasteiger partial charge is 0.323 e. The number of likely N-dealkylation sites (N-methyl/N-ethyl adjacent to an activating group) is 1. The van der Waals surface area contributed by atoms with Crippen LogP contribution in [0.2, 0.25) is 0 Å². The first kappa shape index (κ1) is 31.3. The second kappa shape index (κ2) is 13.6. The van der Waals surface area contributed by atoms with Crippen LogP contribution in [0, 0.1) is 5.92 Å². The fourth-order valence-corrected chi connectivity index (χ4v) is 5.06. The lowest BCUT2D eigenvalue weighted by molar-refractivity contribution is 0.0373. The van der Waals surface area contributed by atoms with Crippen molar-refractivity contribution in [3.05, 3.63) is 66.2 Å². The van der Waals surface area contributed by atoms with Crippen LogP contribution in [0.15, 0.2) is 60.7 Å². The normalized spacial score (nSPS) is 17.6. The number of urea groups is 2. The van der Waals surface area contributed by atoms with Crippen molar-refractivity contribution in [2.75, 3.05) is 56.6 Å². The first-order valence-corrected chi connectivity index (χ1v) is 14.5. The maximum absolute atomic E-state index is 13.7. The molecule has 0 saturated heterocycles. The molecule has 2 aliphatic heterocycles. The molecule has 45 heavy (non-hydrogen) atoms. The van der Waals surface area contributed by atoms with E-state index >= 15 is 0 Å². The molecule has 0 spiro atoms. The first-order valence-electron chi connectivity index (χ1n) is 14.5. The van der Waals surface area contributed by atoms with Gasteiger partial charge in [-0.2, -0.15) is 0 Å². The maximum Gasteiger partial charge on any atom is 0.323 e. The van der Waals surface area contributed by atoms with Gasteiger partial charge in [-0.15, -0.1) is 0 Å². The molecule has 4 N–H and O–H groups in total. The van der Waals surface area contributed by atoms with Crippen LogP contribution in [0.25, 0.3) is 0 Å². The molecule has 0 bridgehead atoms. The van der Waals surface area contributed by atoms with Crippen molar-refractivity contribution in [2.45, 2.75) is 26.0 Å². The zero-order chi connectivity index (χ0) is 32.1. The summed E-state index contributed by atoms with van der Waals surface area (Å²) in [6.45, 7) is 3.99. The Bertz CT molecular complexity index is 1550. The van der Waals surface area contributed by atoms with Crippen molar-refractivity contribution >= 4 is 35.0 Å². The summed E-state index contributed by atoms with van der Waals surface area (Å²) in [5.74, 6) is 1.36. The summed E-state index contributed by atoms with van der Waals surface area (Å²) in [7, 11) is 3.20. The highest BCUT2D eigenvalue weighted by molar-refractivity contribution is 6.04. The van der Waals surface area contributed by atoms with Crippen LogP contribution in [-0.2, 0) is 0 Å². The van der Waals surface area contributed by atoms with Crippen LogP contribution in [0.5, 0.6) is 23.0 Å². The number of hydrogen-bond donors (Lipinski definition) is 4. The van der Waals surface area contributed by atoms with Crippen molar-refractivity contribution in [3.63, 3.8) is 0 Å². The number of carbonyl (C=O) groups excluding carboxylic acids is 3. The summed E-state index contributed by atoms with van der Waals surface area (Å²) in [6.07, 6.45) is -0.592. The summed E-state index contributed by atoms with van der Waals surface area (Å²) in [4.78, 5) is 43.0. The van der Waals surface area contributed by atoms with E-state index in [1.807, 2.05) is 6.92 Å². The molecule has 13 nitrogen and oxygen atoms in total. The van der Waals surface area contributed by atoms with Crippen molar-refractivity contribution in [3.8, 4) is 23.0 Å². The number of amides is 5. The molecule has 2 aliphatic rings. The highest BCUT2D eigenvalue weighted by Gasteiger charge is 2.35. The number of para-hydroxylation sites is 1. The molecule has 13 heteroatoms. The van der Waals surface area contributed by atoms with Gasteiger partial charge in [0.25, 0.3) is 5.91 Å². The van der Waals surface area contributed by atoms with Crippen LogP contribution in [0.4, 0.5) is 26.7 Å². The number of rotatable bonds is 8. The van der Waals surface area contributed by atoms with Crippen molar-refractivity contribution in [2.24, 2.45) is 5.92 Å².